The molecular formula is C22H36N2O10S2. The number of hydrogen-bond donors (Lipinski definition) is 6. The van der Waals surface area contributed by atoms with Gasteiger partial charge in [0.05, 0.1) is 12.1 Å². The summed E-state index contributed by atoms with van der Waals surface area (Å²) in [6, 6.07) is -1.30. The molecule has 0 aliphatic rings. The zero-order valence-electron chi connectivity index (χ0n) is 20.1. The Morgan fingerprint density at radius 2 is 0.861 bits per heavy atom. The van der Waals surface area contributed by atoms with Gasteiger partial charge in [0, 0.05) is 63.1 Å². The zero-order chi connectivity index (χ0) is 27.3. The number of carbonyl (C=O) groups excluding carboxylic acids is 2. The van der Waals surface area contributed by atoms with Crippen molar-refractivity contribution in [3.05, 3.63) is 0 Å². The van der Waals surface area contributed by atoms with E-state index in [9.17, 15) is 28.8 Å². The van der Waals surface area contributed by atoms with Crippen LogP contribution in [0.4, 0.5) is 0 Å². The highest BCUT2D eigenvalue weighted by molar-refractivity contribution is 8.76. The predicted octanol–water partition coefficient (Wildman–Crippen LogP) is 1.66. The van der Waals surface area contributed by atoms with E-state index in [-0.39, 0.29) is 75.8 Å². The highest BCUT2D eigenvalue weighted by Gasteiger charge is 2.20. The van der Waals surface area contributed by atoms with Gasteiger partial charge in [-0.3, -0.25) is 28.8 Å². The second-order valence-corrected chi connectivity index (χ2v) is 10.7. The van der Waals surface area contributed by atoms with Crippen LogP contribution in [-0.2, 0) is 28.8 Å². The van der Waals surface area contributed by atoms with Crippen molar-refractivity contribution in [1.82, 2.24) is 10.6 Å². The molecule has 2 unspecified atom stereocenters. The van der Waals surface area contributed by atoms with E-state index in [0.717, 1.165) is 0 Å². The second kappa shape index (κ2) is 21.0. The highest BCUT2D eigenvalue weighted by atomic mass is 33.1. The van der Waals surface area contributed by atoms with Crippen molar-refractivity contribution in [3.63, 3.8) is 0 Å². The first kappa shape index (κ1) is 33.8. The Hall–Kier alpha value is -2.16. The zero-order valence-corrected chi connectivity index (χ0v) is 21.7. The maximum Gasteiger partial charge on any atom is 0.303 e. The fraction of sp³-hybridized carbons (Fsp3) is 0.727. The molecule has 0 bridgehead atoms. The summed E-state index contributed by atoms with van der Waals surface area (Å²) >= 11 is 0. The molecule has 12 nitrogen and oxygen atoms in total. The smallest absolute Gasteiger partial charge is 0.303 e. The molecule has 206 valence electrons. The van der Waals surface area contributed by atoms with Gasteiger partial charge in [0.1, 0.15) is 11.6 Å². The van der Waals surface area contributed by atoms with Crippen molar-refractivity contribution in [2.75, 3.05) is 24.6 Å². The van der Waals surface area contributed by atoms with Gasteiger partial charge >= 0.3 is 23.9 Å². The molecule has 0 saturated carbocycles. The van der Waals surface area contributed by atoms with E-state index in [4.69, 9.17) is 20.4 Å². The lowest BCUT2D eigenvalue weighted by Gasteiger charge is -2.17. The molecule has 0 fully saturated rings. The van der Waals surface area contributed by atoms with Crippen LogP contribution in [-0.4, -0.2) is 92.5 Å². The Labute approximate surface area is 217 Å². The number of nitrogens with one attached hydrogen (secondary N) is 2. The molecule has 0 heterocycles. The van der Waals surface area contributed by atoms with Gasteiger partial charge in [0.15, 0.2) is 0 Å². The van der Waals surface area contributed by atoms with E-state index >= 15 is 0 Å². The first-order valence-electron chi connectivity index (χ1n) is 11.7. The Kier molecular flexibility index (Phi) is 19.7. The summed E-state index contributed by atoms with van der Waals surface area (Å²) in [5.74, 6) is -3.19. The van der Waals surface area contributed by atoms with Crippen molar-refractivity contribution in [3.8, 4) is 0 Å². The number of aliphatic carboxylic acids is 4. The fourth-order valence-corrected chi connectivity index (χ4v) is 4.98. The predicted molar refractivity (Wildman–Crippen MR) is 135 cm³/mol. The molecular weight excluding hydrogens is 516 g/mol. The first-order valence-corrected chi connectivity index (χ1v) is 14.2. The van der Waals surface area contributed by atoms with Crippen LogP contribution in [0.5, 0.6) is 0 Å². The summed E-state index contributed by atoms with van der Waals surface area (Å²) in [7, 11) is 3.03. The minimum atomic E-state index is -1.01. The van der Waals surface area contributed by atoms with E-state index in [1.54, 1.807) is 0 Å². The highest BCUT2D eigenvalue weighted by Crippen LogP contribution is 2.20. The number of ketones is 2. The lowest BCUT2D eigenvalue weighted by Crippen LogP contribution is -2.38. The molecule has 0 saturated heterocycles. The molecule has 0 aromatic rings. The minimum absolute atomic E-state index is 0.0647. The summed E-state index contributed by atoms with van der Waals surface area (Å²) in [6.45, 7) is 0.896. The average molecular weight is 553 g/mol. The third-order valence-electron chi connectivity index (χ3n) is 4.93. The Bertz CT molecular complexity index is 676. The molecule has 2 atom stereocenters. The molecule has 0 rings (SSSR count). The summed E-state index contributed by atoms with van der Waals surface area (Å²) < 4.78 is 0. The van der Waals surface area contributed by atoms with Crippen molar-refractivity contribution in [2.45, 2.75) is 76.3 Å². The topological polar surface area (TPSA) is 207 Å². The van der Waals surface area contributed by atoms with E-state index in [0.29, 0.717) is 24.6 Å². The Morgan fingerprint density at radius 1 is 0.528 bits per heavy atom. The van der Waals surface area contributed by atoms with Crippen LogP contribution in [0.15, 0.2) is 0 Å². The second-order valence-electron chi connectivity index (χ2n) is 7.95. The molecule has 36 heavy (non-hydrogen) atoms. The molecule has 0 spiro atoms. The molecule has 0 amide bonds. The van der Waals surface area contributed by atoms with Crippen molar-refractivity contribution >= 4 is 57.0 Å². The van der Waals surface area contributed by atoms with Gasteiger partial charge in [-0.15, -0.1) is 0 Å². The van der Waals surface area contributed by atoms with Gasteiger partial charge in [0.25, 0.3) is 0 Å². The SMILES string of the molecule is O=C(O)CCCC(=O)C(CCC(=O)O)NCCSSCCNC(CCC(=O)O)C(=O)CCCC(=O)O. The summed E-state index contributed by atoms with van der Waals surface area (Å²) in [5.41, 5.74) is 0. The Balaban J connectivity index is 4.30. The molecule has 14 heteroatoms. The number of carboxylic acids is 4. The van der Waals surface area contributed by atoms with E-state index in [1.165, 1.54) is 21.6 Å². The molecule has 0 aliphatic carbocycles. The van der Waals surface area contributed by atoms with Gasteiger partial charge in [-0.25, -0.2) is 0 Å². The molecule has 6 N–H and O–H groups in total. The number of rotatable bonds is 25. The lowest BCUT2D eigenvalue weighted by atomic mass is 10.0. The van der Waals surface area contributed by atoms with Crippen LogP contribution in [0.25, 0.3) is 0 Å². The van der Waals surface area contributed by atoms with Gasteiger partial charge < -0.3 is 31.1 Å². The van der Waals surface area contributed by atoms with Crippen LogP contribution in [0.1, 0.15) is 64.2 Å². The van der Waals surface area contributed by atoms with E-state index in [2.05, 4.69) is 10.6 Å². The van der Waals surface area contributed by atoms with E-state index < -0.39 is 36.0 Å². The summed E-state index contributed by atoms with van der Waals surface area (Å²) in [5, 5.41) is 41.2. The monoisotopic (exact) mass is 552 g/mol. The maximum absolute atomic E-state index is 12.3. The maximum atomic E-state index is 12.3. The molecule has 0 radical (unpaired) electrons. The van der Waals surface area contributed by atoms with Crippen LogP contribution < -0.4 is 10.6 Å². The molecule has 0 aliphatic heterocycles. The van der Waals surface area contributed by atoms with Crippen molar-refractivity contribution in [2.24, 2.45) is 0 Å². The minimum Gasteiger partial charge on any atom is -0.481 e. The average Bonchev–Trinajstić information content (AvgIpc) is 2.78. The van der Waals surface area contributed by atoms with Crippen LogP contribution in [0.2, 0.25) is 0 Å². The van der Waals surface area contributed by atoms with Crippen LogP contribution in [0, 0.1) is 0 Å². The van der Waals surface area contributed by atoms with Crippen LogP contribution >= 0.6 is 21.6 Å². The third kappa shape index (κ3) is 20.1. The largest absolute Gasteiger partial charge is 0.481 e. The fourth-order valence-electron chi connectivity index (χ4n) is 3.13. The first-order chi connectivity index (χ1) is 17.0. The van der Waals surface area contributed by atoms with Crippen LogP contribution in [0.3, 0.4) is 0 Å². The van der Waals surface area contributed by atoms with Crippen molar-refractivity contribution in [1.29, 1.82) is 0 Å². The number of carbonyl (C=O) groups is 6. The van der Waals surface area contributed by atoms with Gasteiger partial charge in [-0.1, -0.05) is 21.6 Å². The quantitative estimate of drug-likeness (QED) is 0.0703. The van der Waals surface area contributed by atoms with Gasteiger partial charge in [-0.05, 0) is 25.7 Å². The molecule has 0 aromatic heterocycles. The van der Waals surface area contributed by atoms with Gasteiger partial charge in [-0.2, -0.15) is 0 Å². The standard InChI is InChI=1S/C22H36N2O10S2/c25-17(3-1-5-19(27)28)15(7-9-21(31)32)23-11-13-35-36-14-12-24-16(8-10-22(33)34)18(26)4-2-6-20(29)30/h15-16,23-24H,1-14H2,(H,27,28)(H,29,30)(H,31,32)(H,33,34). The molecule has 0 aromatic carbocycles. The number of Topliss-reactive ketones (excluding diaryl/α,β-unsaturated/α-hetero) is 2. The van der Waals surface area contributed by atoms with Gasteiger partial charge in [0.2, 0.25) is 0 Å². The normalized spacial score (nSPS) is 12.6. The Morgan fingerprint density at radius 3 is 1.17 bits per heavy atom. The van der Waals surface area contributed by atoms with E-state index in [1.807, 2.05) is 0 Å². The van der Waals surface area contributed by atoms with Crippen molar-refractivity contribution < 1.29 is 49.2 Å². The summed E-state index contributed by atoms with van der Waals surface area (Å²) in [4.78, 5) is 67.5. The third-order valence-corrected chi connectivity index (χ3v) is 7.34. The number of hydrogen-bond acceptors (Lipinski definition) is 10. The lowest BCUT2D eigenvalue weighted by molar-refractivity contribution is -0.138. The summed E-state index contributed by atoms with van der Waals surface area (Å²) in [6.07, 6.45) is 0.194. The number of carboxylic acid groups (broad SMARTS) is 4.